The van der Waals surface area contributed by atoms with Gasteiger partial charge in [0.05, 0.1) is 51.4 Å². The second-order valence-electron chi connectivity index (χ2n) is 4.23. The minimum atomic E-state index is -0.118. The number of hydrogen-bond donors (Lipinski definition) is 0. The van der Waals surface area contributed by atoms with Crippen LogP contribution in [0.25, 0.3) is 0 Å². The van der Waals surface area contributed by atoms with Crippen LogP contribution in [0.3, 0.4) is 0 Å². The molecule has 4 atom stereocenters. The van der Waals surface area contributed by atoms with E-state index in [1.807, 2.05) is 12.1 Å². The third kappa shape index (κ3) is 2.98. The van der Waals surface area contributed by atoms with Crippen molar-refractivity contribution in [1.82, 2.24) is 0 Å². The normalized spacial score (nSPS) is 33.9. The van der Waals surface area contributed by atoms with E-state index in [1.165, 1.54) is 0 Å². The lowest BCUT2D eigenvalue weighted by Crippen LogP contribution is -2.34. The summed E-state index contributed by atoms with van der Waals surface area (Å²) in [6.07, 6.45) is 0.277. The fraction of sp³-hybridized carbons (Fsp3) is 0.833. The summed E-state index contributed by atoms with van der Waals surface area (Å²) in [6.45, 7) is 1.74. The van der Waals surface area contributed by atoms with Crippen molar-refractivity contribution in [2.75, 3.05) is 26.4 Å². The van der Waals surface area contributed by atoms with E-state index in [9.17, 15) is 0 Å². The molecule has 0 aromatic heterocycles. The first-order chi connectivity index (χ1) is 8.86. The van der Waals surface area contributed by atoms with Crippen molar-refractivity contribution in [3.05, 3.63) is 0 Å². The summed E-state index contributed by atoms with van der Waals surface area (Å²) in [5, 5.41) is 16.9. The average Bonchev–Trinajstić information content (AvgIpc) is 2.94. The van der Waals surface area contributed by atoms with Gasteiger partial charge in [-0.2, -0.15) is 10.5 Å². The molecule has 2 unspecified atom stereocenters. The summed E-state index contributed by atoms with van der Waals surface area (Å²) in [6, 6.07) is 4.07. The minimum Gasteiger partial charge on any atom is -0.372 e. The van der Waals surface area contributed by atoms with Gasteiger partial charge in [-0.15, -0.1) is 0 Å². The molecular weight excluding hydrogens is 236 g/mol. The second kappa shape index (κ2) is 6.67. The molecule has 0 aliphatic carbocycles. The van der Waals surface area contributed by atoms with Crippen LogP contribution in [0.2, 0.25) is 0 Å². The second-order valence-corrected chi connectivity index (χ2v) is 4.23. The van der Waals surface area contributed by atoms with Crippen LogP contribution < -0.4 is 0 Å². The fourth-order valence-electron chi connectivity index (χ4n) is 2.23. The number of fused-ring (bicyclic) bond motifs is 1. The molecule has 0 aromatic carbocycles. The van der Waals surface area contributed by atoms with E-state index in [1.54, 1.807) is 0 Å². The molecule has 2 fully saturated rings. The van der Waals surface area contributed by atoms with Gasteiger partial charge in [0.1, 0.15) is 24.4 Å². The molecule has 0 N–H and O–H groups in total. The van der Waals surface area contributed by atoms with E-state index < -0.39 is 0 Å². The van der Waals surface area contributed by atoms with Crippen molar-refractivity contribution in [2.24, 2.45) is 0 Å². The van der Waals surface area contributed by atoms with Gasteiger partial charge in [0.25, 0.3) is 0 Å². The van der Waals surface area contributed by atoms with Crippen molar-refractivity contribution >= 4 is 0 Å². The first kappa shape index (κ1) is 13.3. The molecule has 0 aromatic rings. The number of rotatable bonds is 6. The predicted octanol–water partition coefficient (Wildman–Crippen LogP) is 0.382. The monoisotopic (exact) mass is 252 g/mol. The highest BCUT2D eigenvalue weighted by Crippen LogP contribution is 2.30. The fourth-order valence-corrected chi connectivity index (χ4v) is 2.23. The standard InChI is InChI=1S/C12H16N2O4/c13-3-1-5-15-9-7-17-12-10(8-18-11(9)12)16-6-2-4-14/h9-12H,1-2,5-8H2/t9-,10-,11?,12?/m1/s1. The molecular formula is C12H16N2O4. The van der Waals surface area contributed by atoms with E-state index in [-0.39, 0.29) is 24.4 Å². The van der Waals surface area contributed by atoms with Crippen LogP contribution in [0.4, 0.5) is 0 Å². The third-order valence-corrected chi connectivity index (χ3v) is 3.05. The molecule has 6 nitrogen and oxygen atoms in total. The zero-order valence-corrected chi connectivity index (χ0v) is 10.1. The molecule has 98 valence electrons. The molecule has 2 heterocycles. The quantitative estimate of drug-likeness (QED) is 0.635. The Kier molecular flexibility index (Phi) is 4.91. The highest BCUT2D eigenvalue weighted by Gasteiger charge is 2.48. The zero-order valence-electron chi connectivity index (χ0n) is 10.1. The highest BCUT2D eigenvalue weighted by molar-refractivity contribution is 4.96. The van der Waals surface area contributed by atoms with Crippen LogP contribution >= 0.6 is 0 Å². The first-order valence-corrected chi connectivity index (χ1v) is 6.07. The maximum atomic E-state index is 8.45. The molecule has 2 saturated heterocycles. The summed E-state index contributed by atoms with van der Waals surface area (Å²) >= 11 is 0. The number of hydrogen-bond acceptors (Lipinski definition) is 6. The van der Waals surface area contributed by atoms with Crippen LogP contribution in [-0.4, -0.2) is 50.8 Å². The molecule has 2 rings (SSSR count). The van der Waals surface area contributed by atoms with Crippen molar-refractivity contribution < 1.29 is 18.9 Å². The van der Waals surface area contributed by atoms with Gasteiger partial charge < -0.3 is 18.9 Å². The van der Waals surface area contributed by atoms with Crippen LogP contribution in [0.5, 0.6) is 0 Å². The lowest BCUT2D eigenvalue weighted by molar-refractivity contribution is -0.0484. The molecule has 0 amide bonds. The molecule has 2 aliphatic rings. The molecule has 2 aliphatic heterocycles. The minimum absolute atomic E-state index is 0.115. The van der Waals surface area contributed by atoms with E-state index in [0.717, 1.165) is 0 Å². The van der Waals surface area contributed by atoms with Crippen molar-refractivity contribution in [1.29, 1.82) is 10.5 Å². The summed E-state index contributed by atoms with van der Waals surface area (Å²) < 4.78 is 22.3. The van der Waals surface area contributed by atoms with Crippen molar-refractivity contribution in [3.63, 3.8) is 0 Å². The van der Waals surface area contributed by atoms with E-state index >= 15 is 0 Å². The average molecular weight is 252 g/mol. The first-order valence-electron chi connectivity index (χ1n) is 6.07. The molecule has 0 bridgehead atoms. The zero-order chi connectivity index (χ0) is 12.8. The van der Waals surface area contributed by atoms with Crippen LogP contribution in [0, 0.1) is 22.7 Å². The van der Waals surface area contributed by atoms with Gasteiger partial charge in [-0.1, -0.05) is 0 Å². The lowest BCUT2D eigenvalue weighted by Gasteiger charge is -2.16. The SMILES string of the molecule is N#CCCO[C@@H]1COC2C1OC[C@H]2OCCC#N. The summed E-state index contributed by atoms with van der Waals surface area (Å²) in [7, 11) is 0. The Morgan fingerprint density at radius 2 is 1.33 bits per heavy atom. The lowest BCUT2D eigenvalue weighted by atomic mass is 10.1. The van der Waals surface area contributed by atoms with Gasteiger partial charge in [-0.05, 0) is 0 Å². The Balaban J connectivity index is 1.76. The summed E-state index contributed by atoms with van der Waals surface area (Å²) in [4.78, 5) is 0. The molecule has 0 saturated carbocycles. The molecule has 0 spiro atoms. The largest absolute Gasteiger partial charge is 0.372 e. The number of nitrogens with zero attached hydrogens (tertiary/aromatic N) is 2. The van der Waals surface area contributed by atoms with Gasteiger partial charge in [0, 0.05) is 0 Å². The molecule has 0 radical (unpaired) electrons. The summed E-state index contributed by atoms with van der Waals surface area (Å²) in [5.41, 5.74) is 0. The van der Waals surface area contributed by atoms with E-state index in [0.29, 0.717) is 39.3 Å². The van der Waals surface area contributed by atoms with Crippen LogP contribution in [-0.2, 0) is 18.9 Å². The number of ether oxygens (including phenoxy) is 4. The Morgan fingerprint density at radius 3 is 1.72 bits per heavy atom. The van der Waals surface area contributed by atoms with Gasteiger partial charge in [0.15, 0.2) is 0 Å². The predicted molar refractivity (Wildman–Crippen MR) is 59.4 cm³/mol. The Hall–Kier alpha value is -1.18. The van der Waals surface area contributed by atoms with Crippen LogP contribution in [0.1, 0.15) is 12.8 Å². The molecule has 18 heavy (non-hydrogen) atoms. The van der Waals surface area contributed by atoms with Gasteiger partial charge >= 0.3 is 0 Å². The maximum absolute atomic E-state index is 8.45. The smallest absolute Gasteiger partial charge is 0.115 e. The van der Waals surface area contributed by atoms with Crippen molar-refractivity contribution in [2.45, 2.75) is 37.3 Å². The highest BCUT2D eigenvalue weighted by atomic mass is 16.6. The summed E-state index contributed by atoms with van der Waals surface area (Å²) in [5.74, 6) is 0. The van der Waals surface area contributed by atoms with Crippen molar-refractivity contribution in [3.8, 4) is 12.1 Å². The topological polar surface area (TPSA) is 84.5 Å². The number of nitriles is 2. The molecule has 6 heteroatoms. The Labute approximate surface area is 106 Å². The van der Waals surface area contributed by atoms with E-state index in [2.05, 4.69) is 0 Å². The Bertz CT molecular complexity index is 315. The maximum Gasteiger partial charge on any atom is 0.115 e. The van der Waals surface area contributed by atoms with E-state index in [4.69, 9.17) is 29.5 Å². The van der Waals surface area contributed by atoms with Crippen LogP contribution in [0.15, 0.2) is 0 Å². The van der Waals surface area contributed by atoms with Gasteiger partial charge in [0.2, 0.25) is 0 Å². The van der Waals surface area contributed by atoms with Gasteiger partial charge in [-0.3, -0.25) is 0 Å². The third-order valence-electron chi connectivity index (χ3n) is 3.05. The Morgan fingerprint density at radius 1 is 0.889 bits per heavy atom. The van der Waals surface area contributed by atoms with Gasteiger partial charge in [-0.25, -0.2) is 0 Å².